The monoisotopic (exact) mass is 337 g/mol. The molecule has 1 atom stereocenters. The van der Waals surface area contributed by atoms with Crippen molar-refractivity contribution in [2.45, 2.75) is 31.7 Å². The minimum atomic E-state index is 0.0249. The van der Waals surface area contributed by atoms with Gasteiger partial charge in [-0.05, 0) is 47.4 Å². The van der Waals surface area contributed by atoms with Crippen LogP contribution in [0.4, 0.5) is 0 Å². The van der Waals surface area contributed by atoms with Gasteiger partial charge in [0, 0.05) is 18.3 Å². The molecule has 1 aromatic carbocycles. The maximum absolute atomic E-state index is 12.4. The van der Waals surface area contributed by atoms with Gasteiger partial charge in [0.2, 0.25) is 5.91 Å². The lowest BCUT2D eigenvalue weighted by Gasteiger charge is -2.23. The quantitative estimate of drug-likeness (QED) is 0.771. The molecular weight excluding hydrogens is 318 g/mol. The Kier molecular flexibility index (Phi) is 4.01. The van der Waals surface area contributed by atoms with Crippen LogP contribution >= 0.6 is 0 Å². The molecule has 0 spiro atoms. The summed E-state index contributed by atoms with van der Waals surface area (Å²) in [6.45, 7) is 0. The van der Waals surface area contributed by atoms with Crippen LogP contribution in [0, 0.1) is 0 Å². The predicted octanol–water partition coefficient (Wildman–Crippen LogP) is 1.13. The van der Waals surface area contributed by atoms with Crippen LogP contribution in [-0.2, 0) is 24.7 Å². The highest BCUT2D eigenvalue weighted by atomic mass is 16.1. The van der Waals surface area contributed by atoms with Crippen molar-refractivity contribution in [2.75, 3.05) is 0 Å². The fraction of sp³-hybridized carbons (Fsp3) is 0.353. The average molecular weight is 337 g/mol. The number of nitrogens with one attached hydrogen (secondary N) is 1. The Balaban J connectivity index is 1.41. The topological polar surface area (TPSA) is 90.5 Å². The van der Waals surface area contributed by atoms with Crippen LogP contribution in [0.5, 0.6) is 0 Å². The molecule has 1 aliphatic rings. The van der Waals surface area contributed by atoms with E-state index in [2.05, 4.69) is 25.9 Å². The van der Waals surface area contributed by atoms with E-state index >= 15 is 0 Å². The lowest BCUT2D eigenvalue weighted by Crippen LogP contribution is -2.32. The predicted molar refractivity (Wildman–Crippen MR) is 89.9 cm³/mol. The number of hydrogen-bond donors (Lipinski definition) is 1. The Morgan fingerprint density at radius 1 is 1.32 bits per heavy atom. The van der Waals surface area contributed by atoms with Crippen molar-refractivity contribution in [3.63, 3.8) is 0 Å². The van der Waals surface area contributed by atoms with Crippen LogP contribution in [0.25, 0.3) is 5.69 Å². The molecule has 4 rings (SSSR count). The lowest BCUT2D eigenvalue weighted by molar-refractivity contribution is -0.121. The van der Waals surface area contributed by atoms with E-state index < -0.39 is 0 Å². The summed E-state index contributed by atoms with van der Waals surface area (Å²) in [5.74, 6) is 0.0249. The molecule has 0 saturated heterocycles. The zero-order valence-electron chi connectivity index (χ0n) is 14.0. The number of aromatic nitrogens is 6. The highest BCUT2D eigenvalue weighted by molar-refractivity contribution is 5.79. The van der Waals surface area contributed by atoms with Crippen LogP contribution in [0.2, 0.25) is 0 Å². The van der Waals surface area contributed by atoms with Crippen molar-refractivity contribution in [2.24, 2.45) is 7.05 Å². The molecule has 1 N–H and O–H groups in total. The van der Waals surface area contributed by atoms with Gasteiger partial charge in [-0.3, -0.25) is 9.48 Å². The molecule has 0 fully saturated rings. The van der Waals surface area contributed by atoms with Crippen LogP contribution in [-0.4, -0.2) is 35.9 Å². The smallest absolute Gasteiger partial charge is 0.224 e. The molecule has 8 heteroatoms. The highest BCUT2D eigenvalue weighted by Gasteiger charge is 2.24. The number of hydrogen-bond acceptors (Lipinski definition) is 5. The minimum absolute atomic E-state index is 0.0249. The van der Waals surface area contributed by atoms with E-state index in [0.717, 1.165) is 36.1 Å². The fourth-order valence-electron chi connectivity index (χ4n) is 3.33. The Hall–Kier alpha value is -3.03. The van der Waals surface area contributed by atoms with Crippen molar-refractivity contribution < 1.29 is 4.79 Å². The molecule has 25 heavy (non-hydrogen) atoms. The average Bonchev–Trinajstić information content (AvgIpc) is 3.27. The first-order chi connectivity index (χ1) is 12.2. The van der Waals surface area contributed by atoms with Gasteiger partial charge >= 0.3 is 0 Å². The first-order valence-electron chi connectivity index (χ1n) is 8.33. The molecule has 1 aliphatic carbocycles. The molecule has 0 radical (unpaired) electrons. The van der Waals surface area contributed by atoms with Crippen LogP contribution in [0.1, 0.15) is 35.7 Å². The Labute approximate surface area is 144 Å². The third-order valence-corrected chi connectivity index (χ3v) is 4.63. The summed E-state index contributed by atoms with van der Waals surface area (Å²) in [5.41, 5.74) is 4.19. The molecule has 2 heterocycles. The largest absolute Gasteiger partial charge is 0.349 e. The standard InChI is InChI=1S/C17H19N7O/c1-23-16-4-2-3-15(14(16)10-19-23)20-17(25)9-12-5-7-13(8-6-12)24-11-18-21-22-24/h5-8,10-11,15H,2-4,9H2,1H3,(H,20,25)/t15-/m1/s1. The van der Waals surface area contributed by atoms with Crippen molar-refractivity contribution in [1.82, 2.24) is 35.3 Å². The van der Waals surface area contributed by atoms with Crippen molar-refractivity contribution in [3.8, 4) is 5.69 Å². The van der Waals surface area contributed by atoms with Crippen LogP contribution in [0.3, 0.4) is 0 Å². The molecule has 0 saturated carbocycles. The molecule has 0 bridgehead atoms. The van der Waals surface area contributed by atoms with E-state index in [1.807, 2.05) is 42.2 Å². The minimum Gasteiger partial charge on any atom is -0.349 e. The number of benzene rings is 1. The normalized spacial score (nSPS) is 16.4. The molecule has 1 amide bonds. The maximum Gasteiger partial charge on any atom is 0.224 e. The van der Waals surface area contributed by atoms with Gasteiger partial charge in [-0.15, -0.1) is 5.10 Å². The number of tetrazole rings is 1. The number of amides is 1. The molecule has 2 aromatic heterocycles. The fourth-order valence-corrected chi connectivity index (χ4v) is 3.33. The highest BCUT2D eigenvalue weighted by Crippen LogP contribution is 2.29. The third-order valence-electron chi connectivity index (χ3n) is 4.63. The van der Waals surface area contributed by atoms with E-state index in [1.165, 1.54) is 12.0 Å². The van der Waals surface area contributed by atoms with E-state index in [4.69, 9.17) is 0 Å². The SMILES string of the molecule is Cn1ncc2c1CCC[C@H]2NC(=O)Cc1ccc(-n2cnnn2)cc1. The zero-order valence-corrected chi connectivity index (χ0v) is 14.0. The Bertz CT molecular complexity index is 867. The number of rotatable bonds is 4. The summed E-state index contributed by atoms with van der Waals surface area (Å²) in [5, 5.41) is 18.5. The maximum atomic E-state index is 12.4. The van der Waals surface area contributed by atoms with Crippen molar-refractivity contribution in [1.29, 1.82) is 0 Å². The molecule has 128 valence electrons. The number of aryl methyl sites for hydroxylation is 1. The van der Waals surface area contributed by atoms with Gasteiger partial charge in [0.05, 0.1) is 24.3 Å². The van der Waals surface area contributed by atoms with Gasteiger partial charge in [-0.25, -0.2) is 4.68 Å². The zero-order chi connectivity index (χ0) is 17.2. The first kappa shape index (κ1) is 15.5. The Morgan fingerprint density at radius 2 is 2.16 bits per heavy atom. The summed E-state index contributed by atoms with van der Waals surface area (Å²) < 4.78 is 3.49. The van der Waals surface area contributed by atoms with Crippen LogP contribution < -0.4 is 5.32 Å². The molecule has 8 nitrogen and oxygen atoms in total. The number of carbonyl (C=O) groups is 1. The van der Waals surface area contributed by atoms with E-state index in [9.17, 15) is 4.79 Å². The van der Waals surface area contributed by atoms with E-state index in [-0.39, 0.29) is 11.9 Å². The van der Waals surface area contributed by atoms with Gasteiger partial charge in [-0.1, -0.05) is 12.1 Å². The van der Waals surface area contributed by atoms with Gasteiger partial charge in [0.15, 0.2) is 0 Å². The first-order valence-corrected chi connectivity index (χ1v) is 8.33. The third kappa shape index (κ3) is 3.15. The second kappa shape index (κ2) is 6.46. The van der Waals surface area contributed by atoms with E-state index in [0.29, 0.717) is 6.42 Å². The Morgan fingerprint density at radius 3 is 2.92 bits per heavy atom. The second-order valence-electron chi connectivity index (χ2n) is 6.28. The molecular formula is C17H19N7O. The van der Waals surface area contributed by atoms with Gasteiger partial charge in [-0.2, -0.15) is 5.10 Å². The summed E-state index contributed by atoms with van der Waals surface area (Å²) in [4.78, 5) is 12.4. The van der Waals surface area contributed by atoms with Gasteiger partial charge in [0.1, 0.15) is 6.33 Å². The molecule has 3 aromatic rings. The number of carbonyl (C=O) groups excluding carboxylic acids is 1. The van der Waals surface area contributed by atoms with Crippen molar-refractivity contribution in [3.05, 3.63) is 53.6 Å². The summed E-state index contributed by atoms with van der Waals surface area (Å²) in [6, 6.07) is 7.71. The number of fused-ring (bicyclic) bond motifs is 1. The summed E-state index contributed by atoms with van der Waals surface area (Å²) >= 11 is 0. The second-order valence-corrected chi connectivity index (χ2v) is 6.28. The molecule has 0 aliphatic heterocycles. The molecule has 0 unspecified atom stereocenters. The van der Waals surface area contributed by atoms with Gasteiger partial charge in [0.25, 0.3) is 0 Å². The van der Waals surface area contributed by atoms with Crippen molar-refractivity contribution >= 4 is 5.91 Å². The van der Waals surface area contributed by atoms with Crippen LogP contribution in [0.15, 0.2) is 36.8 Å². The lowest BCUT2D eigenvalue weighted by atomic mass is 9.93. The summed E-state index contributed by atoms with van der Waals surface area (Å²) in [7, 11) is 1.95. The number of nitrogens with zero attached hydrogens (tertiary/aromatic N) is 6. The summed E-state index contributed by atoms with van der Waals surface area (Å²) in [6.07, 6.45) is 6.82. The van der Waals surface area contributed by atoms with E-state index in [1.54, 1.807) is 4.68 Å². The van der Waals surface area contributed by atoms with Gasteiger partial charge < -0.3 is 5.32 Å².